The SMILES string of the molecule is OCCCCNCc1ccon1. The predicted octanol–water partition coefficient (Wildman–Crippen LogP) is 0.537. The minimum atomic E-state index is 0.269. The van der Waals surface area contributed by atoms with E-state index in [1.807, 2.05) is 6.07 Å². The summed E-state index contributed by atoms with van der Waals surface area (Å²) in [5.41, 5.74) is 0.916. The first-order chi connectivity index (χ1) is 5.93. The van der Waals surface area contributed by atoms with Crippen LogP contribution in [0.1, 0.15) is 18.5 Å². The smallest absolute Gasteiger partial charge is 0.124 e. The lowest BCUT2D eigenvalue weighted by molar-refractivity contribution is 0.283. The normalized spacial score (nSPS) is 10.4. The zero-order valence-electron chi connectivity index (χ0n) is 6.99. The van der Waals surface area contributed by atoms with Crippen LogP contribution in [0, 0.1) is 0 Å². The van der Waals surface area contributed by atoms with Gasteiger partial charge >= 0.3 is 0 Å². The Hall–Kier alpha value is -0.870. The summed E-state index contributed by atoms with van der Waals surface area (Å²) in [6.45, 7) is 1.92. The molecule has 0 spiro atoms. The number of hydrogen-bond donors (Lipinski definition) is 2. The highest BCUT2D eigenvalue weighted by molar-refractivity contribution is 4.93. The van der Waals surface area contributed by atoms with E-state index in [0.29, 0.717) is 0 Å². The average Bonchev–Trinajstić information content (AvgIpc) is 2.57. The van der Waals surface area contributed by atoms with Crippen molar-refractivity contribution in [3.05, 3.63) is 18.0 Å². The number of aliphatic hydroxyl groups excluding tert-OH is 1. The molecule has 0 aliphatic carbocycles. The van der Waals surface area contributed by atoms with Gasteiger partial charge in [-0.15, -0.1) is 0 Å². The van der Waals surface area contributed by atoms with Gasteiger partial charge in [-0.1, -0.05) is 5.16 Å². The lowest BCUT2D eigenvalue weighted by atomic mass is 10.3. The first kappa shape index (κ1) is 9.22. The largest absolute Gasteiger partial charge is 0.396 e. The standard InChI is InChI=1S/C8H14N2O2/c11-5-2-1-4-9-7-8-3-6-12-10-8/h3,6,9,11H,1-2,4-5,7H2. The molecule has 0 radical (unpaired) electrons. The minimum Gasteiger partial charge on any atom is -0.396 e. The molecule has 2 N–H and O–H groups in total. The minimum absolute atomic E-state index is 0.269. The van der Waals surface area contributed by atoms with Crippen molar-refractivity contribution in [1.82, 2.24) is 10.5 Å². The van der Waals surface area contributed by atoms with Gasteiger partial charge in [0.25, 0.3) is 0 Å². The van der Waals surface area contributed by atoms with Crippen LogP contribution < -0.4 is 5.32 Å². The van der Waals surface area contributed by atoms with Gasteiger partial charge in [-0.05, 0) is 19.4 Å². The molecule has 1 rings (SSSR count). The molecule has 4 heteroatoms. The summed E-state index contributed by atoms with van der Waals surface area (Å²) >= 11 is 0. The molecule has 0 unspecified atom stereocenters. The Morgan fingerprint density at radius 3 is 3.08 bits per heavy atom. The Morgan fingerprint density at radius 1 is 1.50 bits per heavy atom. The lowest BCUT2D eigenvalue weighted by Crippen LogP contribution is -2.15. The number of nitrogens with zero attached hydrogens (tertiary/aromatic N) is 1. The number of rotatable bonds is 6. The maximum atomic E-state index is 8.49. The van der Waals surface area contributed by atoms with Crippen molar-refractivity contribution in [3.8, 4) is 0 Å². The van der Waals surface area contributed by atoms with Crippen LogP contribution in [0.3, 0.4) is 0 Å². The maximum absolute atomic E-state index is 8.49. The Kier molecular flexibility index (Phi) is 4.41. The van der Waals surface area contributed by atoms with E-state index >= 15 is 0 Å². The van der Waals surface area contributed by atoms with Gasteiger partial charge in [0.1, 0.15) is 6.26 Å². The Balaban J connectivity index is 1.96. The fraction of sp³-hybridized carbons (Fsp3) is 0.625. The van der Waals surface area contributed by atoms with Gasteiger partial charge in [-0.2, -0.15) is 0 Å². The molecule has 0 bridgehead atoms. The van der Waals surface area contributed by atoms with Crippen molar-refractivity contribution in [2.75, 3.05) is 13.2 Å². The van der Waals surface area contributed by atoms with E-state index < -0.39 is 0 Å². The first-order valence-corrected chi connectivity index (χ1v) is 4.14. The summed E-state index contributed by atoms with van der Waals surface area (Å²) in [5, 5.41) is 15.4. The Labute approximate surface area is 71.6 Å². The molecule has 0 atom stereocenters. The second-order valence-electron chi connectivity index (χ2n) is 2.60. The van der Waals surface area contributed by atoms with Crippen LogP contribution in [0.2, 0.25) is 0 Å². The zero-order chi connectivity index (χ0) is 8.65. The van der Waals surface area contributed by atoms with Crippen LogP contribution in [-0.4, -0.2) is 23.4 Å². The molecule has 0 saturated carbocycles. The highest BCUT2D eigenvalue weighted by Crippen LogP contribution is 1.93. The van der Waals surface area contributed by atoms with Crippen LogP contribution in [-0.2, 0) is 6.54 Å². The molecule has 68 valence electrons. The number of aromatic nitrogens is 1. The van der Waals surface area contributed by atoms with Gasteiger partial charge in [-0.25, -0.2) is 0 Å². The quantitative estimate of drug-likeness (QED) is 0.612. The van der Waals surface area contributed by atoms with E-state index in [2.05, 4.69) is 15.0 Å². The fourth-order valence-corrected chi connectivity index (χ4v) is 0.907. The number of hydrogen-bond acceptors (Lipinski definition) is 4. The summed E-state index contributed by atoms with van der Waals surface area (Å²) in [5.74, 6) is 0. The molecule has 4 nitrogen and oxygen atoms in total. The van der Waals surface area contributed by atoms with Crippen molar-refractivity contribution >= 4 is 0 Å². The van der Waals surface area contributed by atoms with E-state index in [9.17, 15) is 0 Å². The van der Waals surface area contributed by atoms with E-state index in [4.69, 9.17) is 5.11 Å². The van der Waals surface area contributed by atoms with Gasteiger partial charge in [-0.3, -0.25) is 0 Å². The van der Waals surface area contributed by atoms with Gasteiger partial charge < -0.3 is 14.9 Å². The van der Waals surface area contributed by atoms with E-state index in [1.54, 1.807) is 6.26 Å². The molecular formula is C8H14N2O2. The van der Waals surface area contributed by atoms with Crippen LogP contribution in [0.5, 0.6) is 0 Å². The molecule has 1 aromatic heterocycles. The molecule has 0 amide bonds. The third-order valence-electron chi connectivity index (χ3n) is 1.56. The van der Waals surface area contributed by atoms with Gasteiger partial charge in [0.2, 0.25) is 0 Å². The molecule has 0 aromatic carbocycles. The van der Waals surface area contributed by atoms with Crippen molar-refractivity contribution in [3.63, 3.8) is 0 Å². The summed E-state index contributed by atoms with van der Waals surface area (Å²) in [4.78, 5) is 0. The van der Waals surface area contributed by atoms with E-state index in [-0.39, 0.29) is 6.61 Å². The Morgan fingerprint density at radius 2 is 2.42 bits per heavy atom. The van der Waals surface area contributed by atoms with Gasteiger partial charge in [0.15, 0.2) is 0 Å². The maximum Gasteiger partial charge on any atom is 0.124 e. The van der Waals surface area contributed by atoms with Crippen molar-refractivity contribution in [2.24, 2.45) is 0 Å². The highest BCUT2D eigenvalue weighted by atomic mass is 16.5. The third kappa shape index (κ3) is 3.50. The van der Waals surface area contributed by atoms with Crippen LogP contribution in [0.25, 0.3) is 0 Å². The monoisotopic (exact) mass is 170 g/mol. The van der Waals surface area contributed by atoms with Crippen molar-refractivity contribution in [2.45, 2.75) is 19.4 Å². The number of nitrogens with one attached hydrogen (secondary N) is 1. The average molecular weight is 170 g/mol. The first-order valence-electron chi connectivity index (χ1n) is 4.14. The van der Waals surface area contributed by atoms with Gasteiger partial charge in [0.05, 0.1) is 5.69 Å². The van der Waals surface area contributed by atoms with E-state index in [1.165, 1.54) is 0 Å². The second kappa shape index (κ2) is 5.74. The highest BCUT2D eigenvalue weighted by Gasteiger charge is 1.93. The fourth-order valence-electron chi connectivity index (χ4n) is 0.907. The lowest BCUT2D eigenvalue weighted by Gasteiger charge is -1.99. The molecule has 0 fully saturated rings. The molecule has 1 aromatic rings. The third-order valence-corrected chi connectivity index (χ3v) is 1.56. The Bertz CT molecular complexity index is 187. The molecule has 0 aliphatic heterocycles. The summed E-state index contributed by atoms with van der Waals surface area (Å²) in [6.07, 6.45) is 3.41. The number of unbranched alkanes of at least 4 members (excludes halogenated alkanes) is 1. The molecular weight excluding hydrogens is 156 g/mol. The van der Waals surface area contributed by atoms with Crippen LogP contribution >= 0.6 is 0 Å². The second-order valence-corrected chi connectivity index (χ2v) is 2.60. The summed E-state index contributed by atoms with van der Waals surface area (Å²) in [7, 11) is 0. The van der Waals surface area contributed by atoms with Crippen molar-refractivity contribution in [1.29, 1.82) is 0 Å². The van der Waals surface area contributed by atoms with Crippen LogP contribution in [0.4, 0.5) is 0 Å². The molecule has 0 saturated heterocycles. The predicted molar refractivity (Wildman–Crippen MR) is 44.5 cm³/mol. The van der Waals surface area contributed by atoms with Gasteiger partial charge in [0, 0.05) is 19.2 Å². The summed E-state index contributed by atoms with van der Waals surface area (Å²) < 4.78 is 4.66. The topological polar surface area (TPSA) is 58.3 Å². The van der Waals surface area contributed by atoms with E-state index in [0.717, 1.165) is 31.6 Å². The van der Waals surface area contributed by atoms with Crippen LogP contribution in [0.15, 0.2) is 16.9 Å². The molecule has 12 heavy (non-hydrogen) atoms. The number of aliphatic hydroxyl groups is 1. The molecule has 0 aliphatic rings. The summed E-state index contributed by atoms with van der Waals surface area (Å²) in [6, 6.07) is 1.83. The van der Waals surface area contributed by atoms with Crippen molar-refractivity contribution < 1.29 is 9.63 Å². The zero-order valence-corrected chi connectivity index (χ0v) is 6.99. The molecule has 1 heterocycles.